The first-order valence-corrected chi connectivity index (χ1v) is 13.3. The van der Waals surface area contributed by atoms with E-state index in [1.807, 2.05) is 4.90 Å². The number of carboxylic acid groups (broad SMARTS) is 1. The van der Waals surface area contributed by atoms with Crippen molar-refractivity contribution in [1.82, 2.24) is 4.90 Å². The van der Waals surface area contributed by atoms with Gasteiger partial charge in [-0.3, -0.25) is 9.80 Å². The Bertz CT molecular complexity index is 1390. The van der Waals surface area contributed by atoms with Gasteiger partial charge in [0.2, 0.25) is 0 Å². The van der Waals surface area contributed by atoms with E-state index in [9.17, 15) is 23.5 Å². The number of hydrogen-bond donors (Lipinski definition) is 1. The van der Waals surface area contributed by atoms with Gasteiger partial charge in [-0.2, -0.15) is 0 Å². The molecule has 2 aromatic carbocycles. The smallest absolute Gasteiger partial charge is 0.415 e. The predicted molar refractivity (Wildman–Crippen MR) is 142 cm³/mol. The number of halogens is 3. The Hall–Kier alpha value is -3.79. The van der Waals surface area contributed by atoms with Crippen LogP contribution in [0, 0.1) is 18.6 Å². The van der Waals surface area contributed by atoms with Gasteiger partial charge in [0.15, 0.2) is 17.3 Å². The number of allylic oxidation sites excluding steroid dienone is 2. The molecule has 2 aliphatic heterocycles. The normalized spacial score (nSPS) is 24.2. The van der Waals surface area contributed by atoms with Crippen LogP contribution >= 0.6 is 0 Å². The molecule has 10 heteroatoms. The van der Waals surface area contributed by atoms with Gasteiger partial charge in [0.1, 0.15) is 11.4 Å². The van der Waals surface area contributed by atoms with Crippen LogP contribution in [0.3, 0.4) is 0 Å². The summed E-state index contributed by atoms with van der Waals surface area (Å²) in [7, 11) is 0. The number of amides is 1. The number of benzene rings is 2. The Kier molecular flexibility index (Phi) is 7.39. The summed E-state index contributed by atoms with van der Waals surface area (Å²) in [5, 5.41) is 9.30. The van der Waals surface area contributed by atoms with Crippen LogP contribution in [0.4, 0.5) is 23.7 Å². The fourth-order valence-electron chi connectivity index (χ4n) is 5.82. The Morgan fingerprint density at radius 2 is 1.90 bits per heavy atom. The highest BCUT2D eigenvalue weighted by Crippen LogP contribution is 2.42. The second kappa shape index (κ2) is 10.6. The average molecular weight is 557 g/mol. The summed E-state index contributed by atoms with van der Waals surface area (Å²) < 4.78 is 55.7. The van der Waals surface area contributed by atoms with Gasteiger partial charge in [0.05, 0.1) is 18.7 Å². The van der Waals surface area contributed by atoms with Crippen molar-refractivity contribution in [3.63, 3.8) is 0 Å². The minimum atomic E-state index is -1.95. The van der Waals surface area contributed by atoms with E-state index in [0.717, 1.165) is 12.1 Å². The van der Waals surface area contributed by atoms with Gasteiger partial charge in [-0.1, -0.05) is 12.1 Å². The van der Waals surface area contributed by atoms with E-state index >= 15 is 4.39 Å². The number of aromatic carboxylic acids is 1. The van der Waals surface area contributed by atoms with E-state index in [1.165, 1.54) is 23.1 Å². The second-order valence-electron chi connectivity index (χ2n) is 10.6. The first-order valence-electron chi connectivity index (χ1n) is 13.3. The number of aryl methyl sites for hydroxylation is 1. The molecule has 2 heterocycles. The number of anilines is 1. The molecule has 2 unspecified atom stereocenters. The van der Waals surface area contributed by atoms with Crippen LogP contribution in [0.15, 0.2) is 60.4 Å². The molecule has 3 aliphatic rings. The SMILES string of the molecule is CCOC1=CC(F)(CN2CCC3(CC2)CN(c2ccc(C(=O)O)c(C)c2)C(=O)O3)C(c2ccc(F)c(F)c2)C=C1. The van der Waals surface area contributed by atoms with Crippen LogP contribution < -0.4 is 4.90 Å². The van der Waals surface area contributed by atoms with Crippen LogP contribution in [-0.2, 0) is 9.47 Å². The quantitative estimate of drug-likeness (QED) is 0.468. The van der Waals surface area contributed by atoms with E-state index < -0.39 is 40.9 Å². The summed E-state index contributed by atoms with van der Waals surface area (Å²) in [6.45, 7) is 5.03. The topological polar surface area (TPSA) is 79.3 Å². The Morgan fingerprint density at radius 1 is 1.15 bits per heavy atom. The summed E-state index contributed by atoms with van der Waals surface area (Å²) >= 11 is 0. The van der Waals surface area contributed by atoms with Crippen LogP contribution in [0.5, 0.6) is 0 Å². The van der Waals surface area contributed by atoms with E-state index in [4.69, 9.17) is 9.47 Å². The lowest BCUT2D eigenvalue weighted by atomic mass is 9.79. The fourth-order valence-corrected chi connectivity index (χ4v) is 5.82. The van der Waals surface area contributed by atoms with Crippen molar-refractivity contribution in [2.75, 3.05) is 37.7 Å². The maximum Gasteiger partial charge on any atom is 0.415 e. The lowest BCUT2D eigenvalue weighted by molar-refractivity contribution is -0.0112. The van der Waals surface area contributed by atoms with E-state index in [0.29, 0.717) is 61.7 Å². The number of piperidine rings is 1. The number of carboxylic acids is 1. The Morgan fingerprint density at radius 3 is 2.55 bits per heavy atom. The molecule has 5 rings (SSSR count). The molecule has 1 N–H and O–H groups in total. The molecule has 40 heavy (non-hydrogen) atoms. The zero-order chi connectivity index (χ0) is 28.7. The highest BCUT2D eigenvalue weighted by molar-refractivity contribution is 5.93. The van der Waals surface area contributed by atoms with Crippen LogP contribution in [0.25, 0.3) is 0 Å². The third-order valence-corrected chi connectivity index (χ3v) is 7.92. The maximum absolute atomic E-state index is 16.8. The summed E-state index contributed by atoms with van der Waals surface area (Å²) in [5.74, 6) is -3.53. The molecular formula is C30H31F3N2O5. The standard InChI is InChI=1S/C30H31F3N2O5/c1-3-39-22-6-8-24(20-4-9-25(31)26(32)15-20)30(33,16-22)18-34-12-10-29(11-13-34)17-35(28(38)40-29)21-5-7-23(27(36)37)19(2)14-21/h4-9,14-16,24H,3,10-13,17-18H2,1-2H3,(H,36,37). The number of nitrogens with zero attached hydrogens (tertiary/aromatic N) is 2. The lowest BCUT2D eigenvalue weighted by Gasteiger charge is -2.42. The molecule has 0 radical (unpaired) electrons. The molecule has 0 bridgehead atoms. The minimum absolute atomic E-state index is 0.0127. The van der Waals surface area contributed by atoms with Crippen molar-refractivity contribution < 1.29 is 37.3 Å². The third-order valence-electron chi connectivity index (χ3n) is 7.92. The van der Waals surface area contributed by atoms with Crippen molar-refractivity contribution in [1.29, 1.82) is 0 Å². The van der Waals surface area contributed by atoms with E-state index in [-0.39, 0.29) is 12.1 Å². The zero-order valence-electron chi connectivity index (χ0n) is 22.3. The maximum atomic E-state index is 16.8. The van der Waals surface area contributed by atoms with Crippen molar-refractivity contribution in [2.45, 2.75) is 43.9 Å². The van der Waals surface area contributed by atoms with Crippen molar-refractivity contribution in [3.8, 4) is 0 Å². The molecule has 1 spiro atoms. The highest BCUT2D eigenvalue weighted by atomic mass is 19.2. The van der Waals surface area contributed by atoms with Gasteiger partial charge in [0.25, 0.3) is 0 Å². The van der Waals surface area contributed by atoms with Gasteiger partial charge in [-0.05, 0) is 67.5 Å². The fraction of sp³-hybridized carbons (Fsp3) is 0.400. The molecule has 1 aliphatic carbocycles. The third kappa shape index (κ3) is 5.32. The summed E-state index contributed by atoms with van der Waals surface area (Å²) in [6.07, 6.45) is 5.13. The molecular weight excluding hydrogens is 525 g/mol. The zero-order valence-corrected chi connectivity index (χ0v) is 22.3. The van der Waals surface area contributed by atoms with Crippen molar-refractivity contribution >= 4 is 17.7 Å². The lowest BCUT2D eigenvalue weighted by Crippen LogP contribution is -2.51. The molecule has 2 aromatic rings. The Balaban J connectivity index is 1.30. The van der Waals surface area contributed by atoms with Gasteiger partial charge in [-0.25, -0.2) is 22.8 Å². The number of ether oxygens (including phenoxy) is 2. The molecule has 212 valence electrons. The number of alkyl halides is 1. The van der Waals surface area contributed by atoms with Crippen LogP contribution in [-0.4, -0.2) is 66.1 Å². The average Bonchev–Trinajstić information content (AvgIpc) is 3.22. The largest absolute Gasteiger partial charge is 0.494 e. The van der Waals surface area contributed by atoms with Gasteiger partial charge in [-0.15, -0.1) is 0 Å². The predicted octanol–water partition coefficient (Wildman–Crippen LogP) is 5.74. The summed E-state index contributed by atoms with van der Waals surface area (Å²) in [5.41, 5.74) is -1.10. The molecule has 2 fully saturated rings. The van der Waals surface area contributed by atoms with Crippen LogP contribution in [0.2, 0.25) is 0 Å². The first kappa shape index (κ1) is 27.8. The van der Waals surface area contributed by atoms with Crippen LogP contribution in [0.1, 0.15) is 47.2 Å². The number of carbonyl (C=O) groups excluding carboxylic acids is 1. The van der Waals surface area contributed by atoms with Gasteiger partial charge < -0.3 is 14.6 Å². The van der Waals surface area contributed by atoms with Crippen molar-refractivity contribution in [3.05, 3.63) is 88.7 Å². The molecule has 0 aromatic heterocycles. The molecule has 2 saturated heterocycles. The second-order valence-corrected chi connectivity index (χ2v) is 10.6. The minimum Gasteiger partial charge on any atom is -0.494 e. The Labute approximate surface area is 230 Å². The molecule has 2 atom stereocenters. The van der Waals surface area contributed by atoms with Gasteiger partial charge in [0, 0.05) is 44.1 Å². The number of rotatable bonds is 7. The summed E-state index contributed by atoms with van der Waals surface area (Å²) in [6, 6.07) is 8.15. The molecule has 0 saturated carbocycles. The van der Waals surface area contributed by atoms with E-state index in [1.54, 1.807) is 38.1 Å². The van der Waals surface area contributed by atoms with Gasteiger partial charge >= 0.3 is 12.1 Å². The number of carbonyl (C=O) groups is 2. The van der Waals surface area contributed by atoms with E-state index in [2.05, 4.69) is 0 Å². The van der Waals surface area contributed by atoms with Crippen molar-refractivity contribution in [2.24, 2.45) is 0 Å². The molecule has 1 amide bonds. The monoisotopic (exact) mass is 556 g/mol. The first-order chi connectivity index (χ1) is 19.0. The highest BCUT2D eigenvalue weighted by Gasteiger charge is 2.49. The molecule has 7 nitrogen and oxygen atoms in total. The summed E-state index contributed by atoms with van der Waals surface area (Å²) in [4.78, 5) is 27.6. The number of likely N-dealkylation sites (tertiary alicyclic amines) is 1. The number of hydrogen-bond acceptors (Lipinski definition) is 5.